The number of amides is 2. The Morgan fingerprint density at radius 2 is 2.10 bits per heavy atom. The number of carbonyl (C=O) groups excluding carboxylic acids is 1. The lowest BCUT2D eigenvalue weighted by atomic mass is 10.0. The van der Waals surface area contributed by atoms with Gasteiger partial charge < -0.3 is 15.7 Å². The molecule has 3 N–H and O–H groups in total. The van der Waals surface area contributed by atoms with Gasteiger partial charge in [-0.05, 0) is 37.5 Å². The molecule has 1 aromatic rings. The molecule has 1 aromatic carbocycles. The van der Waals surface area contributed by atoms with E-state index in [1.807, 2.05) is 6.08 Å². The van der Waals surface area contributed by atoms with Crippen molar-refractivity contribution in [3.63, 3.8) is 0 Å². The second-order valence-electron chi connectivity index (χ2n) is 4.58. The molecule has 0 radical (unpaired) electrons. The van der Waals surface area contributed by atoms with Crippen LogP contribution in [-0.2, 0) is 0 Å². The highest BCUT2D eigenvalue weighted by molar-refractivity contribution is 5.93. The van der Waals surface area contributed by atoms with Gasteiger partial charge in [-0.25, -0.2) is 14.0 Å². The first-order chi connectivity index (χ1) is 9.56. The van der Waals surface area contributed by atoms with E-state index in [4.69, 9.17) is 5.11 Å². The Kier molecular flexibility index (Phi) is 4.34. The average Bonchev–Trinajstić information content (AvgIpc) is 2.41. The smallest absolute Gasteiger partial charge is 0.338 e. The molecule has 1 aliphatic rings. The summed E-state index contributed by atoms with van der Waals surface area (Å²) in [5.74, 6) is -2.20. The average molecular weight is 278 g/mol. The second-order valence-corrected chi connectivity index (χ2v) is 4.58. The van der Waals surface area contributed by atoms with Crippen LogP contribution in [0.4, 0.5) is 14.9 Å². The zero-order valence-electron chi connectivity index (χ0n) is 10.7. The van der Waals surface area contributed by atoms with Crippen LogP contribution in [0.5, 0.6) is 0 Å². The van der Waals surface area contributed by atoms with Gasteiger partial charge in [0.25, 0.3) is 0 Å². The first-order valence-electron chi connectivity index (χ1n) is 6.31. The molecule has 5 nitrogen and oxygen atoms in total. The molecule has 0 saturated carbocycles. The summed E-state index contributed by atoms with van der Waals surface area (Å²) in [7, 11) is 0. The van der Waals surface area contributed by atoms with Crippen molar-refractivity contribution in [1.82, 2.24) is 5.32 Å². The molecule has 0 aromatic heterocycles. The third-order valence-electron chi connectivity index (χ3n) is 3.06. The van der Waals surface area contributed by atoms with E-state index in [1.165, 1.54) is 6.07 Å². The monoisotopic (exact) mass is 278 g/mol. The Morgan fingerprint density at radius 1 is 1.30 bits per heavy atom. The lowest BCUT2D eigenvalue weighted by Gasteiger charge is -2.19. The topological polar surface area (TPSA) is 78.4 Å². The quantitative estimate of drug-likeness (QED) is 0.744. The van der Waals surface area contributed by atoms with Crippen LogP contribution in [0, 0.1) is 5.82 Å². The van der Waals surface area contributed by atoms with Gasteiger partial charge in [-0.2, -0.15) is 0 Å². The van der Waals surface area contributed by atoms with Crippen molar-refractivity contribution in [2.75, 3.05) is 5.32 Å². The number of aromatic carboxylic acids is 1. The number of nitrogens with one attached hydrogen (secondary N) is 2. The van der Waals surface area contributed by atoms with Crippen LogP contribution in [0.3, 0.4) is 0 Å². The van der Waals surface area contributed by atoms with Crippen LogP contribution >= 0.6 is 0 Å². The summed E-state index contributed by atoms with van der Waals surface area (Å²) in [6.07, 6.45) is 6.64. The molecule has 0 bridgehead atoms. The fourth-order valence-electron chi connectivity index (χ4n) is 2.04. The van der Waals surface area contributed by atoms with Crippen molar-refractivity contribution in [3.8, 4) is 0 Å². The molecular formula is C14H15FN2O3. The summed E-state index contributed by atoms with van der Waals surface area (Å²) in [5.41, 5.74) is -0.226. The molecule has 0 fully saturated rings. The van der Waals surface area contributed by atoms with Crippen LogP contribution in [-0.4, -0.2) is 23.1 Å². The first-order valence-corrected chi connectivity index (χ1v) is 6.31. The van der Waals surface area contributed by atoms with Crippen LogP contribution in [0.15, 0.2) is 30.4 Å². The Labute approximate surface area is 115 Å². The van der Waals surface area contributed by atoms with Crippen molar-refractivity contribution in [1.29, 1.82) is 0 Å². The van der Waals surface area contributed by atoms with Crippen molar-refractivity contribution in [2.24, 2.45) is 0 Å². The van der Waals surface area contributed by atoms with Gasteiger partial charge in [0.1, 0.15) is 5.82 Å². The minimum Gasteiger partial charge on any atom is -0.478 e. The molecule has 0 spiro atoms. The molecular weight excluding hydrogens is 263 g/mol. The maximum atomic E-state index is 13.2. The van der Waals surface area contributed by atoms with Crippen molar-refractivity contribution >= 4 is 17.7 Å². The molecule has 0 aliphatic heterocycles. The van der Waals surface area contributed by atoms with Crippen LogP contribution in [0.1, 0.15) is 29.6 Å². The summed E-state index contributed by atoms with van der Waals surface area (Å²) >= 11 is 0. The SMILES string of the molecule is O=C(Nc1ccc(F)c(C(=O)O)c1)NC1CC=CCC1. The molecule has 20 heavy (non-hydrogen) atoms. The third kappa shape index (κ3) is 3.57. The number of carbonyl (C=O) groups is 2. The number of halogens is 1. The number of hydrogen-bond acceptors (Lipinski definition) is 2. The maximum absolute atomic E-state index is 13.2. The van der Waals surface area contributed by atoms with Gasteiger partial charge >= 0.3 is 12.0 Å². The third-order valence-corrected chi connectivity index (χ3v) is 3.06. The highest BCUT2D eigenvalue weighted by Crippen LogP contribution is 2.15. The van der Waals surface area contributed by atoms with Crippen molar-refractivity contribution in [2.45, 2.75) is 25.3 Å². The van der Waals surface area contributed by atoms with Gasteiger partial charge in [0, 0.05) is 11.7 Å². The van der Waals surface area contributed by atoms with E-state index in [-0.39, 0.29) is 11.7 Å². The number of allylic oxidation sites excluding steroid dienone is 1. The molecule has 6 heteroatoms. The molecule has 1 unspecified atom stereocenters. The minimum atomic E-state index is -1.37. The first kappa shape index (κ1) is 14.0. The number of anilines is 1. The highest BCUT2D eigenvalue weighted by atomic mass is 19.1. The molecule has 106 valence electrons. The summed E-state index contributed by atoms with van der Waals surface area (Å²) in [4.78, 5) is 22.6. The Hall–Kier alpha value is -2.37. The molecule has 2 rings (SSSR count). The van der Waals surface area contributed by atoms with E-state index in [0.717, 1.165) is 31.4 Å². The number of carboxylic acid groups (broad SMARTS) is 1. The van der Waals surface area contributed by atoms with E-state index in [0.29, 0.717) is 0 Å². The van der Waals surface area contributed by atoms with E-state index < -0.39 is 23.4 Å². The van der Waals surface area contributed by atoms with Gasteiger partial charge in [0.2, 0.25) is 0 Å². The van der Waals surface area contributed by atoms with Crippen molar-refractivity contribution in [3.05, 3.63) is 41.7 Å². The summed E-state index contributed by atoms with van der Waals surface area (Å²) in [5, 5.41) is 14.1. The van der Waals surface area contributed by atoms with Crippen LogP contribution in [0.25, 0.3) is 0 Å². The minimum absolute atomic E-state index is 0.0689. The van der Waals surface area contributed by atoms with E-state index in [9.17, 15) is 14.0 Å². The molecule has 0 saturated heterocycles. The van der Waals surface area contributed by atoms with Crippen LogP contribution in [0.2, 0.25) is 0 Å². The Morgan fingerprint density at radius 3 is 2.75 bits per heavy atom. The fraction of sp³-hybridized carbons (Fsp3) is 0.286. The maximum Gasteiger partial charge on any atom is 0.338 e. The molecule has 2 amide bonds. The normalized spacial score (nSPS) is 17.6. The predicted octanol–water partition coefficient (Wildman–Crippen LogP) is 2.75. The number of urea groups is 1. The second kappa shape index (κ2) is 6.18. The lowest BCUT2D eigenvalue weighted by Crippen LogP contribution is -2.38. The van der Waals surface area contributed by atoms with Gasteiger partial charge in [-0.15, -0.1) is 0 Å². The predicted molar refractivity (Wildman–Crippen MR) is 72.3 cm³/mol. The summed E-state index contributed by atoms with van der Waals surface area (Å²) in [6, 6.07) is 3.08. The van der Waals surface area contributed by atoms with Gasteiger partial charge in [-0.1, -0.05) is 12.2 Å². The van der Waals surface area contributed by atoms with Gasteiger partial charge in [-0.3, -0.25) is 0 Å². The van der Waals surface area contributed by atoms with E-state index in [1.54, 1.807) is 0 Å². The number of hydrogen-bond donors (Lipinski definition) is 3. The Bertz CT molecular complexity index is 557. The highest BCUT2D eigenvalue weighted by Gasteiger charge is 2.15. The number of carboxylic acids is 1. The van der Waals surface area contributed by atoms with Gasteiger partial charge in [0.15, 0.2) is 0 Å². The molecule has 1 atom stereocenters. The van der Waals surface area contributed by atoms with Crippen LogP contribution < -0.4 is 10.6 Å². The zero-order chi connectivity index (χ0) is 14.5. The number of benzene rings is 1. The molecule has 1 aliphatic carbocycles. The molecule has 0 heterocycles. The Balaban J connectivity index is 1.98. The van der Waals surface area contributed by atoms with E-state index >= 15 is 0 Å². The standard InChI is InChI=1S/C14H15FN2O3/c15-12-7-6-10(8-11(12)13(18)19)17-14(20)16-9-4-2-1-3-5-9/h1-2,6-9H,3-5H2,(H,18,19)(H2,16,17,20). The summed E-state index contributed by atoms with van der Waals surface area (Å²) in [6.45, 7) is 0. The largest absolute Gasteiger partial charge is 0.478 e. The zero-order valence-corrected chi connectivity index (χ0v) is 10.7. The summed E-state index contributed by atoms with van der Waals surface area (Å²) < 4.78 is 13.2. The van der Waals surface area contributed by atoms with Gasteiger partial charge in [0.05, 0.1) is 5.56 Å². The lowest BCUT2D eigenvalue weighted by molar-refractivity contribution is 0.0692. The fourth-order valence-corrected chi connectivity index (χ4v) is 2.04. The number of rotatable bonds is 3. The van der Waals surface area contributed by atoms with Crippen molar-refractivity contribution < 1.29 is 19.1 Å². The van der Waals surface area contributed by atoms with E-state index in [2.05, 4.69) is 16.7 Å².